The summed E-state index contributed by atoms with van der Waals surface area (Å²) in [6.07, 6.45) is 2.72. The highest BCUT2D eigenvalue weighted by molar-refractivity contribution is 5.92. The molecule has 0 spiro atoms. The quantitative estimate of drug-likeness (QED) is 0.883. The first kappa shape index (κ1) is 19.5. The Bertz CT molecular complexity index is 628. The Balaban J connectivity index is 2.15. The molecule has 0 bridgehead atoms. The summed E-state index contributed by atoms with van der Waals surface area (Å²) in [4.78, 5) is 25.6. The minimum absolute atomic E-state index is 0.0371. The summed E-state index contributed by atoms with van der Waals surface area (Å²) < 4.78 is 1.96. The second-order valence-corrected chi connectivity index (χ2v) is 8.38. The lowest BCUT2D eigenvalue weighted by atomic mass is 9.93. The van der Waals surface area contributed by atoms with Gasteiger partial charge in [0, 0.05) is 25.2 Å². The van der Waals surface area contributed by atoms with E-state index in [1.165, 1.54) is 0 Å². The molecule has 140 valence electrons. The Morgan fingerprint density at radius 3 is 2.56 bits per heavy atom. The number of hydrogen-bond donors (Lipinski definition) is 1. The zero-order valence-corrected chi connectivity index (χ0v) is 16.1. The molecule has 1 aromatic heterocycles. The topological polar surface area (TPSA) is 75.4 Å². The molecule has 0 aromatic carbocycles. The average molecular weight is 349 g/mol. The predicted molar refractivity (Wildman–Crippen MR) is 96.8 cm³/mol. The van der Waals surface area contributed by atoms with E-state index in [0.717, 1.165) is 25.1 Å². The molecule has 0 radical (unpaired) electrons. The van der Waals surface area contributed by atoms with Gasteiger partial charge in [0.15, 0.2) is 5.69 Å². The summed E-state index contributed by atoms with van der Waals surface area (Å²) in [7, 11) is 0. The van der Waals surface area contributed by atoms with Crippen LogP contribution in [-0.2, 0) is 10.3 Å². The van der Waals surface area contributed by atoms with Crippen molar-refractivity contribution in [2.24, 2.45) is 5.92 Å². The van der Waals surface area contributed by atoms with Crippen LogP contribution in [0.1, 0.15) is 82.4 Å². The van der Waals surface area contributed by atoms with E-state index in [-0.39, 0.29) is 29.7 Å². The molecule has 1 saturated heterocycles. The van der Waals surface area contributed by atoms with Crippen molar-refractivity contribution in [3.8, 4) is 0 Å². The normalized spacial score (nSPS) is 18.6. The lowest BCUT2D eigenvalue weighted by Gasteiger charge is -2.32. The van der Waals surface area contributed by atoms with Crippen LogP contribution in [0.25, 0.3) is 0 Å². The summed E-state index contributed by atoms with van der Waals surface area (Å²) in [6.45, 7) is 11.8. The number of carbonyl (C=O) groups excluding carboxylic acids is 1. The molecule has 0 unspecified atom stereocenters. The van der Waals surface area contributed by atoms with Gasteiger partial charge < -0.3 is 10.0 Å². The number of piperidine rings is 1. The molecule has 0 saturated carbocycles. The Morgan fingerprint density at radius 2 is 2.04 bits per heavy atom. The van der Waals surface area contributed by atoms with Gasteiger partial charge in [-0.2, -0.15) is 5.10 Å². The molecule has 2 heterocycles. The fraction of sp³-hybridized carbons (Fsp3) is 0.737. The molecule has 25 heavy (non-hydrogen) atoms. The van der Waals surface area contributed by atoms with Crippen molar-refractivity contribution in [3.63, 3.8) is 0 Å². The fourth-order valence-corrected chi connectivity index (χ4v) is 3.42. The third-order valence-electron chi connectivity index (χ3n) is 4.76. The van der Waals surface area contributed by atoms with Crippen molar-refractivity contribution in [1.82, 2.24) is 14.7 Å². The van der Waals surface area contributed by atoms with Crippen molar-refractivity contribution in [2.75, 3.05) is 13.1 Å². The van der Waals surface area contributed by atoms with Gasteiger partial charge in [-0.25, -0.2) is 0 Å². The van der Waals surface area contributed by atoms with E-state index in [1.807, 2.05) is 15.6 Å². The minimum Gasteiger partial charge on any atom is -0.481 e. The molecular formula is C19H31N3O3. The van der Waals surface area contributed by atoms with Crippen LogP contribution in [0, 0.1) is 5.92 Å². The van der Waals surface area contributed by atoms with Gasteiger partial charge in [-0.3, -0.25) is 14.3 Å². The molecule has 6 heteroatoms. The number of aromatic nitrogens is 2. The third-order valence-corrected chi connectivity index (χ3v) is 4.76. The Hall–Kier alpha value is -1.85. The van der Waals surface area contributed by atoms with Gasteiger partial charge in [0.2, 0.25) is 0 Å². The van der Waals surface area contributed by atoms with Gasteiger partial charge in [0.25, 0.3) is 5.91 Å². The number of nitrogens with zero attached hydrogens (tertiary/aromatic N) is 3. The van der Waals surface area contributed by atoms with E-state index in [1.54, 1.807) is 0 Å². The van der Waals surface area contributed by atoms with E-state index in [4.69, 9.17) is 5.11 Å². The fourth-order valence-electron chi connectivity index (χ4n) is 3.42. The highest BCUT2D eigenvalue weighted by Gasteiger charge is 2.29. The zero-order chi connectivity index (χ0) is 18.8. The number of hydrogen-bond acceptors (Lipinski definition) is 3. The van der Waals surface area contributed by atoms with E-state index in [0.29, 0.717) is 18.7 Å². The molecule has 1 aliphatic heterocycles. The molecule has 6 nitrogen and oxygen atoms in total. The lowest BCUT2D eigenvalue weighted by Crippen LogP contribution is -2.40. The SMILES string of the molecule is CC(C)c1cc(C(=O)N2CCC[C@H](CCC(=O)O)C2)nn1C(C)(C)C. The largest absolute Gasteiger partial charge is 0.481 e. The van der Waals surface area contributed by atoms with Crippen molar-refractivity contribution in [1.29, 1.82) is 0 Å². The maximum atomic E-state index is 12.9. The van der Waals surface area contributed by atoms with Gasteiger partial charge in [0.1, 0.15) is 0 Å². The molecule has 2 rings (SSSR count). The number of carboxylic acids is 1. The standard InChI is InChI=1S/C19H31N3O3/c1-13(2)16-11-15(20-22(16)19(3,4)5)18(25)21-10-6-7-14(12-21)8-9-17(23)24/h11,13-14H,6-10,12H2,1-5H3,(H,23,24)/t14-/m1/s1. The van der Waals surface area contributed by atoms with E-state index in [2.05, 4.69) is 39.7 Å². The summed E-state index contributed by atoms with van der Waals surface area (Å²) in [5.41, 5.74) is 1.39. The second-order valence-electron chi connectivity index (χ2n) is 8.38. The monoisotopic (exact) mass is 349 g/mol. The van der Waals surface area contributed by atoms with Gasteiger partial charge in [-0.15, -0.1) is 0 Å². The van der Waals surface area contributed by atoms with Crippen LogP contribution in [-0.4, -0.2) is 44.8 Å². The van der Waals surface area contributed by atoms with Crippen LogP contribution in [0.3, 0.4) is 0 Å². The van der Waals surface area contributed by atoms with E-state index in [9.17, 15) is 9.59 Å². The number of rotatable bonds is 5. The second kappa shape index (κ2) is 7.58. The third kappa shape index (κ3) is 4.83. The van der Waals surface area contributed by atoms with Crippen LogP contribution in [0.4, 0.5) is 0 Å². The summed E-state index contributed by atoms with van der Waals surface area (Å²) >= 11 is 0. The molecule has 1 aromatic rings. The van der Waals surface area contributed by atoms with Crippen molar-refractivity contribution < 1.29 is 14.7 Å². The van der Waals surface area contributed by atoms with Crippen LogP contribution < -0.4 is 0 Å². The van der Waals surface area contributed by atoms with Crippen molar-refractivity contribution in [2.45, 2.75) is 71.8 Å². The maximum Gasteiger partial charge on any atom is 0.303 e. The number of amides is 1. The number of carbonyl (C=O) groups is 2. The molecule has 0 aliphatic carbocycles. The van der Waals surface area contributed by atoms with Crippen LogP contribution in [0.5, 0.6) is 0 Å². The smallest absolute Gasteiger partial charge is 0.303 e. The van der Waals surface area contributed by atoms with Gasteiger partial charge in [0.05, 0.1) is 5.54 Å². The highest BCUT2D eigenvalue weighted by atomic mass is 16.4. The number of carboxylic acid groups (broad SMARTS) is 1. The summed E-state index contributed by atoms with van der Waals surface area (Å²) in [5.74, 6) is -0.250. The number of likely N-dealkylation sites (tertiary alicyclic amines) is 1. The molecular weight excluding hydrogens is 318 g/mol. The first-order chi connectivity index (χ1) is 11.6. The number of aliphatic carboxylic acids is 1. The van der Waals surface area contributed by atoms with Gasteiger partial charge in [-0.05, 0) is 57.9 Å². The lowest BCUT2D eigenvalue weighted by molar-refractivity contribution is -0.137. The van der Waals surface area contributed by atoms with Gasteiger partial charge in [-0.1, -0.05) is 13.8 Å². The zero-order valence-electron chi connectivity index (χ0n) is 16.1. The van der Waals surface area contributed by atoms with Crippen LogP contribution in [0.15, 0.2) is 6.07 Å². The van der Waals surface area contributed by atoms with Gasteiger partial charge >= 0.3 is 5.97 Å². The summed E-state index contributed by atoms with van der Waals surface area (Å²) in [5, 5.41) is 13.5. The highest BCUT2D eigenvalue weighted by Crippen LogP contribution is 2.26. The molecule has 1 fully saturated rings. The van der Waals surface area contributed by atoms with Crippen molar-refractivity contribution in [3.05, 3.63) is 17.5 Å². The Kier molecular flexibility index (Phi) is 5.91. The van der Waals surface area contributed by atoms with E-state index < -0.39 is 5.97 Å². The van der Waals surface area contributed by atoms with Crippen molar-refractivity contribution >= 4 is 11.9 Å². The van der Waals surface area contributed by atoms with E-state index >= 15 is 0 Å². The predicted octanol–water partition coefficient (Wildman–Crippen LogP) is 3.48. The molecule has 1 amide bonds. The van der Waals surface area contributed by atoms with Crippen LogP contribution >= 0.6 is 0 Å². The molecule has 1 N–H and O–H groups in total. The summed E-state index contributed by atoms with van der Waals surface area (Å²) in [6, 6.07) is 1.92. The molecule has 1 aliphatic rings. The minimum atomic E-state index is -0.769. The maximum absolute atomic E-state index is 12.9. The Labute approximate surface area is 150 Å². The first-order valence-corrected chi connectivity index (χ1v) is 9.21. The Morgan fingerprint density at radius 1 is 1.36 bits per heavy atom. The average Bonchev–Trinajstić information content (AvgIpc) is 2.98. The molecule has 1 atom stereocenters. The van der Waals surface area contributed by atoms with Crippen LogP contribution in [0.2, 0.25) is 0 Å². The first-order valence-electron chi connectivity index (χ1n) is 9.21.